The first-order valence-electron chi connectivity index (χ1n) is 2.14. The van der Waals surface area contributed by atoms with Gasteiger partial charge in [-0.25, -0.2) is 4.78 Å². The van der Waals surface area contributed by atoms with E-state index >= 15 is 0 Å². The summed E-state index contributed by atoms with van der Waals surface area (Å²) >= 11 is 0.157. The average molecular weight is 243 g/mol. The molecule has 0 saturated carbocycles. The van der Waals surface area contributed by atoms with Gasteiger partial charge in [0.1, 0.15) is 0 Å². The van der Waals surface area contributed by atoms with Gasteiger partial charge in [-0.15, -0.1) is 0 Å². The Hall–Kier alpha value is -0.490. The minimum Gasteiger partial charge on any atom is -0.332 e. The molecular formula is C2H4F3NO5S2. The summed E-state index contributed by atoms with van der Waals surface area (Å²) in [6, 6.07) is 0. The van der Waals surface area contributed by atoms with Gasteiger partial charge in [0.05, 0.1) is 0 Å². The zero-order chi connectivity index (χ0) is 11.3. The van der Waals surface area contributed by atoms with Crippen LogP contribution in [0.25, 0.3) is 0 Å². The second kappa shape index (κ2) is 5.29. The molecule has 0 aromatic carbocycles. The Morgan fingerprint density at radius 1 is 1.31 bits per heavy atom. The molecule has 0 aromatic heterocycles. The molecule has 0 radical (unpaired) electrons. The molecule has 13 heavy (non-hydrogen) atoms. The van der Waals surface area contributed by atoms with Crippen molar-refractivity contribution in [2.24, 2.45) is 0 Å². The number of halogens is 3. The fraction of sp³-hybridized carbons (Fsp3) is 0.500. The summed E-state index contributed by atoms with van der Waals surface area (Å²) in [4.78, 5) is 0. The molecule has 6 nitrogen and oxygen atoms in total. The number of aliphatic hydroxyl groups excluding tert-OH is 1. The van der Waals surface area contributed by atoms with Crippen molar-refractivity contribution in [2.75, 3.05) is 0 Å². The van der Waals surface area contributed by atoms with Crippen molar-refractivity contribution in [3.8, 4) is 0 Å². The van der Waals surface area contributed by atoms with Gasteiger partial charge in [-0.1, -0.05) is 0 Å². The van der Waals surface area contributed by atoms with Crippen molar-refractivity contribution < 1.29 is 36.4 Å². The minimum atomic E-state index is -5.84. The van der Waals surface area contributed by atoms with Gasteiger partial charge in [0.25, 0.3) is 5.24 Å². The fourth-order valence-electron chi connectivity index (χ4n) is 0. The lowest BCUT2D eigenvalue weighted by atomic mass is 11.5. The summed E-state index contributed by atoms with van der Waals surface area (Å²) in [5.41, 5.74) is -5.53. The molecule has 0 aliphatic heterocycles. The second-order valence-electron chi connectivity index (χ2n) is 1.31. The smallest absolute Gasteiger partial charge is 0.332 e. The number of hydrogen-bond donors (Lipinski definition) is 4. The average Bonchev–Trinajstić information content (AvgIpc) is 1.84. The highest BCUT2D eigenvalue weighted by Crippen LogP contribution is 2.20. The van der Waals surface area contributed by atoms with Crippen molar-refractivity contribution in [2.45, 2.75) is 5.51 Å². The van der Waals surface area contributed by atoms with Crippen LogP contribution in [0.3, 0.4) is 0 Å². The molecule has 0 rings (SSSR count). The largest absolute Gasteiger partial charge is 0.522 e. The quantitative estimate of drug-likeness (QED) is 0.279. The van der Waals surface area contributed by atoms with Crippen LogP contribution >= 0.6 is 0 Å². The van der Waals surface area contributed by atoms with Crippen LogP contribution in [0.5, 0.6) is 0 Å². The summed E-state index contributed by atoms with van der Waals surface area (Å²) in [6.07, 6.45) is 0. The Labute approximate surface area is 73.9 Å². The Morgan fingerprint density at radius 3 is 1.46 bits per heavy atom. The van der Waals surface area contributed by atoms with E-state index in [1.54, 1.807) is 0 Å². The van der Waals surface area contributed by atoms with Crippen molar-refractivity contribution in [1.29, 1.82) is 4.78 Å². The SMILES string of the molecule is N=S=C(O)O.O=S(=O)(O)C(F)(F)F. The van der Waals surface area contributed by atoms with Gasteiger partial charge in [-0.05, 0) is 0 Å². The first-order chi connectivity index (χ1) is 5.52. The third-order valence-corrected chi connectivity index (χ3v) is 1.15. The van der Waals surface area contributed by atoms with Crippen molar-refractivity contribution in [3.63, 3.8) is 0 Å². The highest BCUT2D eigenvalue weighted by molar-refractivity contribution is 7.86. The van der Waals surface area contributed by atoms with Crippen LogP contribution in [0, 0.1) is 4.78 Å². The molecule has 0 unspecified atom stereocenters. The molecule has 0 heterocycles. The van der Waals surface area contributed by atoms with Crippen LogP contribution in [-0.2, 0) is 21.3 Å². The van der Waals surface area contributed by atoms with E-state index in [4.69, 9.17) is 28.0 Å². The standard InChI is InChI=1S/CHF3O3S.CH3NO2S/c2-1(3,4)8(5,6)7;2-5-1(3)4/h(H,5,6,7);2-4H. The first kappa shape index (κ1) is 15.0. The monoisotopic (exact) mass is 243 g/mol. The van der Waals surface area contributed by atoms with E-state index in [0.29, 0.717) is 0 Å². The molecule has 4 N–H and O–H groups in total. The number of nitrogens with one attached hydrogen (secondary N) is 1. The summed E-state index contributed by atoms with van der Waals surface area (Å²) in [5, 5.41) is 14.3. The molecule has 80 valence electrons. The third-order valence-electron chi connectivity index (χ3n) is 0.384. The number of aliphatic hydroxyl groups is 2. The van der Waals surface area contributed by atoms with E-state index in [-0.39, 0.29) is 11.1 Å². The Morgan fingerprint density at radius 2 is 1.46 bits per heavy atom. The van der Waals surface area contributed by atoms with E-state index in [9.17, 15) is 13.2 Å². The van der Waals surface area contributed by atoms with Crippen LogP contribution in [0.2, 0.25) is 0 Å². The van der Waals surface area contributed by atoms with Gasteiger partial charge in [-0.3, -0.25) is 4.55 Å². The Balaban J connectivity index is 0. The molecular weight excluding hydrogens is 239 g/mol. The molecule has 0 aliphatic rings. The zero-order valence-corrected chi connectivity index (χ0v) is 7.24. The highest BCUT2D eigenvalue weighted by atomic mass is 32.2. The van der Waals surface area contributed by atoms with E-state index in [2.05, 4.69) is 0 Å². The maximum absolute atomic E-state index is 10.7. The minimum absolute atomic E-state index is 0.157. The molecule has 0 aromatic rings. The van der Waals surface area contributed by atoms with Gasteiger partial charge in [0.2, 0.25) is 0 Å². The maximum atomic E-state index is 10.7. The lowest BCUT2D eigenvalue weighted by Gasteiger charge is -1.97. The van der Waals surface area contributed by atoms with E-state index in [0.717, 1.165) is 0 Å². The first-order valence-corrected chi connectivity index (χ1v) is 4.40. The lowest BCUT2D eigenvalue weighted by molar-refractivity contribution is -0.0510. The van der Waals surface area contributed by atoms with Crippen LogP contribution in [0.4, 0.5) is 13.2 Å². The lowest BCUT2D eigenvalue weighted by Crippen LogP contribution is -2.21. The molecule has 0 saturated heterocycles. The van der Waals surface area contributed by atoms with Gasteiger partial charge in [0.15, 0.2) is 0 Å². The molecule has 0 amide bonds. The number of hydrogen-bond acceptors (Lipinski definition) is 3. The van der Waals surface area contributed by atoms with Crippen LogP contribution < -0.4 is 0 Å². The Bertz CT molecular complexity index is 296. The van der Waals surface area contributed by atoms with Gasteiger partial charge in [0, 0.05) is 11.1 Å². The maximum Gasteiger partial charge on any atom is 0.522 e. The third kappa shape index (κ3) is 9.42. The number of alkyl halides is 3. The van der Waals surface area contributed by atoms with Crippen LogP contribution in [0.15, 0.2) is 0 Å². The fourth-order valence-corrected chi connectivity index (χ4v) is 0. The zero-order valence-electron chi connectivity index (χ0n) is 5.61. The van der Waals surface area contributed by atoms with Gasteiger partial charge < -0.3 is 10.2 Å². The summed E-state index contributed by atoms with van der Waals surface area (Å²) in [5.74, 6) is 0. The topological polar surface area (TPSA) is 119 Å². The number of rotatable bonds is 0. The molecule has 0 bridgehead atoms. The normalized spacial score (nSPS) is 11.2. The van der Waals surface area contributed by atoms with E-state index in [1.807, 2.05) is 0 Å². The van der Waals surface area contributed by atoms with E-state index in [1.165, 1.54) is 0 Å². The van der Waals surface area contributed by atoms with Crippen molar-refractivity contribution in [1.82, 2.24) is 0 Å². The molecule has 0 aliphatic carbocycles. The van der Waals surface area contributed by atoms with Gasteiger partial charge >= 0.3 is 15.6 Å². The summed E-state index contributed by atoms with van der Waals surface area (Å²) in [7, 11) is -5.84. The molecule has 11 heteroatoms. The van der Waals surface area contributed by atoms with Crippen molar-refractivity contribution in [3.05, 3.63) is 0 Å². The van der Waals surface area contributed by atoms with Crippen LogP contribution in [0.1, 0.15) is 0 Å². The summed E-state index contributed by atoms with van der Waals surface area (Å²) < 4.78 is 63.6. The predicted molar refractivity (Wildman–Crippen MR) is 38.0 cm³/mol. The Kier molecular flexibility index (Phi) is 6.10. The van der Waals surface area contributed by atoms with E-state index < -0.39 is 20.9 Å². The summed E-state index contributed by atoms with van der Waals surface area (Å²) in [6.45, 7) is 0. The molecule has 0 fully saturated rings. The second-order valence-corrected chi connectivity index (χ2v) is 3.29. The highest BCUT2D eigenvalue weighted by Gasteiger charge is 2.44. The van der Waals surface area contributed by atoms with Crippen LogP contribution in [-0.4, -0.2) is 33.9 Å². The molecule has 0 atom stereocenters. The predicted octanol–water partition coefficient (Wildman–Crippen LogP) is 0.429. The molecule has 0 spiro atoms. The van der Waals surface area contributed by atoms with Gasteiger partial charge in [-0.2, -0.15) is 21.6 Å². The van der Waals surface area contributed by atoms with Crippen molar-refractivity contribution >= 4 is 26.5 Å².